The van der Waals surface area contributed by atoms with Gasteiger partial charge in [-0.15, -0.1) is 11.3 Å². The molecule has 0 radical (unpaired) electrons. The molecule has 0 bridgehead atoms. The molecule has 2 amide bonds. The van der Waals surface area contributed by atoms with Crippen molar-refractivity contribution in [1.29, 1.82) is 0 Å². The van der Waals surface area contributed by atoms with E-state index in [1.54, 1.807) is 5.38 Å². The minimum absolute atomic E-state index is 0.0704. The number of halogens is 1. The first-order valence-corrected chi connectivity index (χ1v) is 18.3. The van der Waals surface area contributed by atoms with Crippen LogP contribution in [0, 0.1) is 5.41 Å². The molecule has 3 heterocycles. The SMILES string of the molecule is CON=C(C(=O)NC1C(=O)N2CC(CI)(C(=O)O)CS(=O)[C@H]12)c1csc(NC(c2ccccc2)(c2ccccc2)c2ccccc2)n1. The quantitative estimate of drug-likeness (QED) is 0.0520. The Hall–Kier alpha value is -4.15. The predicted octanol–water partition coefficient (Wildman–Crippen LogP) is 3.82. The highest BCUT2D eigenvalue weighted by molar-refractivity contribution is 14.1. The molecule has 3 N–H and O–H groups in total. The fourth-order valence-corrected chi connectivity index (χ4v) is 9.94. The maximum absolute atomic E-state index is 13.6. The Morgan fingerprint density at radius 1 is 1.06 bits per heavy atom. The summed E-state index contributed by atoms with van der Waals surface area (Å²) in [6.45, 7) is -0.0704. The van der Waals surface area contributed by atoms with Gasteiger partial charge < -0.3 is 25.5 Å². The van der Waals surface area contributed by atoms with E-state index in [0.717, 1.165) is 16.7 Å². The molecule has 3 aromatic carbocycles. The second kappa shape index (κ2) is 13.5. The van der Waals surface area contributed by atoms with Crippen LogP contribution in [0.1, 0.15) is 22.4 Å². The summed E-state index contributed by atoms with van der Waals surface area (Å²) < 4.78 is 13.3. The molecule has 11 nitrogen and oxygen atoms in total. The average molecular weight is 784 g/mol. The third-order valence-electron chi connectivity index (χ3n) is 8.36. The summed E-state index contributed by atoms with van der Waals surface area (Å²) >= 11 is 3.21. The summed E-state index contributed by atoms with van der Waals surface area (Å²) in [5.41, 5.74) is 0.815. The molecule has 2 saturated heterocycles. The number of fused-ring (bicyclic) bond motifs is 1. The highest BCUT2D eigenvalue weighted by atomic mass is 127. The number of carbonyl (C=O) groups is 3. The summed E-state index contributed by atoms with van der Waals surface area (Å²) in [4.78, 5) is 49.6. The molecule has 0 aliphatic carbocycles. The molecule has 2 aliphatic rings. The third kappa shape index (κ3) is 5.93. The van der Waals surface area contributed by atoms with E-state index in [9.17, 15) is 23.7 Å². The van der Waals surface area contributed by atoms with Crippen LogP contribution in [0.15, 0.2) is 102 Å². The highest BCUT2D eigenvalue weighted by Crippen LogP contribution is 2.41. The van der Waals surface area contributed by atoms with E-state index in [0.29, 0.717) is 5.13 Å². The Labute approximate surface area is 291 Å². The molecule has 2 fully saturated rings. The molecule has 4 atom stereocenters. The number of nitrogens with zero attached hydrogens (tertiary/aromatic N) is 3. The molecule has 0 saturated carbocycles. The number of rotatable bonds is 11. The lowest BCUT2D eigenvalue weighted by molar-refractivity contribution is -0.157. The monoisotopic (exact) mass is 783 g/mol. The lowest BCUT2D eigenvalue weighted by atomic mass is 9.77. The lowest BCUT2D eigenvalue weighted by Gasteiger charge is -2.53. The standard InChI is InChI=1S/C33H30IN5O6S2/c1-45-38-25(27(40)36-26-28(41)39-19-32(18-34,30(42)43)20-47(44)29(26)39)24-17-46-31(35-24)37-33(21-11-5-2-6-12-21,22-13-7-3-8-14-22)23-15-9-4-10-16-23/h2-17,26,29H,18-20H2,1H3,(H,35,37)(H,36,40)(H,42,43)/t26?,29-,32?,47?/m1/s1. The number of aliphatic carboxylic acids is 1. The van der Waals surface area contributed by atoms with Gasteiger partial charge in [-0.1, -0.05) is 119 Å². The minimum atomic E-state index is -1.70. The van der Waals surface area contributed by atoms with Crippen LogP contribution in [0.3, 0.4) is 0 Å². The molecule has 1 aromatic heterocycles. The maximum atomic E-state index is 13.6. The van der Waals surface area contributed by atoms with E-state index >= 15 is 0 Å². The van der Waals surface area contributed by atoms with Gasteiger partial charge in [0.1, 0.15) is 35.2 Å². The van der Waals surface area contributed by atoms with Crippen molar-refractivity contribution in [1.82, 2.24) is 15.2 Å². The van der Waals surface area contributed by atoms with Crippen molar-refractivity contribution in [3.8, 4) is 0 Å². The van der Waals surface area contributed by atoms with Crippen molar-refractivity contribution in [2.24, 2.45) is 10.6 Å². The number of anilines is 1. The number of β-lactam (4-membered cyclic amide) rings is 1. The molecule has 6 rings (SSSR count). The van der Waals surface area contributed by atoms with Gasteiger partial charge in [-0.2, -0.15) is 0 Å². The van der Waals surface area contributed by atoms with Crippen molar-refractivity contribution in [2.45, 2.75) is 17.0 Å². The Morgan fingerprint density at radius 3 is 2.11 bits per heavy atom. The van der Waals surface area contributed by atoms with Gasteiger partial charge in [-0.05, 0) is 16.7 Å². The van der Waals surface area contributed by atoms with E-state index in [1.807, 2.05) is 114 Å². The number of oxime groups is 1. The van der Waals surface area contributed by atoms with Crippen LogP contribution in [0.25, 0.3) is 0 Å². The first-order chi connectivity index (χ1) is 22.7. The highest BCUT2D eigenvalue weighted by Gasteiger charge is 2.60. The van der Waals surface area contributed by atoms with Crippen molar-refractivity contribution in [3.63, 3.8) is 0 Å². The average Bonchev–Trinajstić information content (AvgIpc) is 3.57. The van der Waals surface area contributed by atoms with Crippen molar-refractivity contribution >= 4 is 73.4 Å². The van der Waals surface area contributed by atoms with Gasteiger partial charge in [0, 0.05) is 32.9 Å². The number of carbonyl (C=O) groups excluding carboxylic acids is 2. The topological polar surface area (TPSA) is 150 Å². The zero-order valence-corrected chi connectivity index (χ0v) is 28.8. The molecular formula is C33H30IN5O6S2. The number of benzene rings is 3. The van der Waals surface area contributed by atoms with Gasteiger partial charge in [0.2, 0.25) is 5.91 Å². The van der Waals surface area contributed by atoms with E-state index in [1.165, 1.54) is 23.3 Å². The van der Waals surface area contributed by atoms with Crippen LogP contribution < -0.4 is 10.6 Å². The maximum Gasteiger partial charge on any atom is 0.313 e. The fourth-order valence-electron chi connectivity index (χ4n) is 6.00. The number of carboxylic acid groups (broad SMARTS) is 1. The van der Waals surface area contributed by atoms with E-state index in [2.05, 4.69) is 15.8 Å². The van der Waals surface area contributed by atoms with Crippen molar-refractivity contribution in [3.05, 3.63) is 119 Å². The molecule has 0 spiro atoms. The van der Waals surface area contributed by atoms with Crippen LogP contribution in [-0.2, 0) is 35.6 Å². The Kier molecular flexibility index (Phi) is 9.43. The first kappa shape index (κ1) is 32.8. The molecule has 4 aromatic rings. The van der Waals surface area contributed by atoms with E-state index < -0.39 is 51.0 Å². The Morgan fingerprint density at radius 2 is 1.62 bits per heavy atom. The van der Waals surface area contributed by atoms with Gasteiger partial charge in [-0.3, -0.25) is 18.6 Å². The summed E-state index contributed by atoms with van der Waals surface area (Å²) in [6, 6.07) is 28.9. The number of carboxylic acids is 1. The third-order valence-corrected chi connectivity index (χ3v) is 12.5. The summed E-state index contributed by atoms with van der Waals surface area (Å²) in [6.07, 6.45) is 0. The number of hydrogen-bond acceptors (Lipinski definition) is 9. The fraction of sp³-hybridized carbons (Fsp3) is 0.242. The Balaban J connectivity index is 1.29. The van der Waals surface area contributed by atoms with Gasteiger partial charge in [-0.25, -0.2) is 4.98 Å². The van der Waals surface area contributed by atoms with Crippen LogP contribution in [-0.4, -0.2) is 77.9 Å². The van der Waals surface area contributed by atoms with Gasteiger partial charge in [0.15, 0.2) is 10.8 Å². The Bertz CT molecular complexity index is 1750. The largest absolute Gasteiger partial charge is 0.481 e. The van der Waals surface area contributed by atoms with Gasteiger partial charge >= 0.3 is 5.97 Å². The van der Waals surface area contributed by atoms with E-state index in [-0.39, 0.29) is 28.1 Å². The summed E-state index contributed by atoms with van der Waals surface area (Å²) in [5.74, 6) is -2.44. The molecule has 47 heavy (non-hydrogen) atoms. The van der Waals surface area contributed by atoms with Crippen LogP contribution >= 0.6 is 33.9 Å². The molecule has 3 unspecified atom stereocenters. The van der Waals surface area contributed by atoms with Crippen molar-refractivity contribution < 1.29 is 28.5 Å². The summed E-state index contributed by atoms with van der Waals surface area (Å²) in [7, 11) is -0.401. The predicted molar refractivity (Wildman–Crippen MR) is 188 cm³/mol. The lowest BCUT2D eigenvalue weighted by Crippen LogP contribution is -2.77. The number of alkyl halides is 1. The molecular weight excluding hydrogens is 753 g/mol. The zero-order chi connectivity index (χ0) is 33.2. The normalized spacial score (nSPS) is 22.5. The number of amides is 2. The molecule has 14 heteroatoms. The number of aromatic nitrogens is 1. The first-order valence-electron chi connectivity index (χ1n) is 14.5. The van der Waals surface area contributed by atoms with Gasteiger partial charge in [0.25, 0.3) is 5.91 Å². The number of nitrogens with one attached hydrogen (secondary N) is 2. The zero-order valence-electron chi connectivity index (χ0n) is 25.0. The second-order valence-electron chi connectivity index (χ2n) is 11.2. The van der Waals surface area contributed by atoms with E-state index in [4.69, 9.17) is 9.82 Å². The van der Waals surface area contributed by atoms with Gasteiger partial charge in [0.05, 0.1) is 0 Å². The second-order valence-corrected chi connectivity index (χ2v) is 14.3. The summed E-state index contributed by atoms with van der Waals surface area (Å²) in [5, 5.41) is 21.4. The minimum Gasteiger partial charge on any atom is -0.481 e. The molecule has 2 aliphatic heterocycles. The number of thiazole rings is 1. The van der Waals surface area contributed by atoms with Crippen LogP contribution in [0.2, 0.25) is 0 Å². The van der Waals surface area contributed by atoms with Crippen LogP contribution in [0.5, 0.6) is 0 Å². The van der Waals surface area contributed by atoms with Crippen molar-refractivity contribution in [2.75, 3.05) is 29.2 Å². The smallest absolute Gasteiger partial charge is 0.313 e. The molecule has 242 valence electrons. The van der Waals surface area contributed by atoms with Crippen LogP contribution in [0.4, 0.5) is 5.13 Å². The number of hydrogen-bond donors (Lipinski definition) is 3.